The molecule has 148 valence electrons. The second-order valence-electron chi connectivity index (χ2n) is 6.31. The first kappa shape index (κ1) is 21.3. The molecule has 1 saturated heterocycles. The van der Waals surface area contributed by atoms with Crippen LogP contribution in [0.15, 0.2) is 39.8 Å². The molecule has 0 bridgehead atoms. The van der Waals surface area contributed by atoms with Crippen molar-refractivity contribution in [3.05, 3.63) is 41.8 Å². The van der Waals surface area contributed by atoms with Crippen LogP contribution in [0.1, 0.15) is 24.8 Å². The summed E-state index contributed by atoms with van der Waals surface area (Å²) in [6.07, 6.45) is 1.92. The number of rotatable bonds is 6. The Hall–Kier alpha value is -1.97. The van der Waals surface area contributed by atoms with Crippen molar-refractivity contribution in [3.8, 4) is 5.75 Å². The summed E-state index contributed by atoms with van der Waals surface area (Å²) in [6, 6.07) is 10.4. The average molecular weight is 485 g/mol. The summed E-state index contributed by atoms with van der Waals surface area (Å²) in [5, 5.41) is 10.8. The Morgan fingerprint density at radius 3 is 2.93 bits per heavy atom. The number of guanidine groups is 1. The largest absolute Gasteiger partial charge is 0.495 e. The van der Waals surface area contributed by atoms with Gasteiger partial charge in [-0.3, -0.25) is 4.99 Å². The van der Waals surface area contributed by atoms with Crippen molar-refractivity contribution in [2.45, 2.75) is 32.4 Å². The molecule has 2 aromatic rings. The molecular formula is C19H28IN5O2. The van der Waals surface area contributed by atoms with Crippen LogP contribution in [0.3, 0.4) is 0 Å². The van der Waals surface area contributed by atoms with E-state index in [0.717, 1.165) is 54.8 Å². The maximum atomic E-state index is 5.48. The van der Waals surface area contributed by atoms with Crippen molar-refractivity contribution in [1.82, 2.24) is 15.8 Å². The van der Waals surface area contributed by atoms with E-state index in [0.29, 0.717) is 12.6 Å². The van der Waals surface area contributed by atoms with Crippen molar-refractivity contribution in [2.75, 3.05) is 32.1 Å². The topological polar surface area (TPSA) is 74.9 Å². The fourth-order valence-corrected chi connectivity index (χ4v) is 3.15. The van der Waals surface area contributed by atoms with E-state index in [4.69, 9.17) is 9.26 Å². The third-order valence-electron chi connectivity index (χ3n) is 4.58. The van der Waals surface area contributed by atoms with Gasteiger partial charge in [0.05, 0.1) is 25.0 Å². The van der Waals surface area contributed by atoms with Gasteiger partial charge in [0.25, 0.3) is 0 Å². The molecule has 0 spiro atoms. The standard InChI is InChI=1S/C19H27N5O2.HI/c1-4-14-11-16(26-23-14)12-21-19(20-2)22-15-9-10-24(13-15)17-7-5-6-8-18(17)25-3;/h5-8,11,15H,4,9-10,12-13H2,1-3H3,(H2,20,21,22);1H. The zero-order valence-electron chi connectivity index (χ0n) is 16.1. The molecule has 1 aliphatic rings. The van der Waals surface area contributed by atoms with Crippen LogP contribution in [-0.2, 0) is 13.0 Å². The number of hydrogen-bond donors (Lipinski definition) is 2. The number of para-hydroxylation sites is 2. The number of nitrogens with one attached hydrogen (secondary N) is 2. The Morgan fingerprint density at radius 2 is 2.22 bits per heavy atom. The fourth-order valence-electron chi connectivity index (χ4n) is 3.15. The van der Waals surface area contributed by atoms with Gasteiger partial charge in [0.15, 0.2) is 11.7 Å². The Kier molecular flexibility index (Phi) is 8.21. The number of aryl methyl sites for hydroxylation is 1. The Labute approximate surface area is 177 Å². The number of halogens is 1. The molecule has 0 aliphatic carbocycles. The summed E-state index contributed by atoms with van der Waals surface area (Å²) in [4.78, 5) is 6.66. The first-order chi connectivity index (χ1) is 12.7. The van der Waals surface area contributed by atoms with Crippen molar-refractivity contribution in [1.29, 1.82) is 0 Å². The zero-order valence-corrected chi connectivity index (χ0v) is 18.4. The molecule has 1 aliphatic heterocycles. The predicted molar refractivity (Wildman–Crippen MR) is 118 cm³/mol. The second kappa shape index (κ2) is 10.4. The minimum absolute atomic E-state index is 0. The number of hydrogen-bond acceptors (Lipinski definition) is 5. The number of ether oxygens (including phenoxy) is 1. The SMILES string of the molecule is CCc1cc(CNC(=NC)NC2CCN(c3ccccc3OC)C2)on1.I. The lowest BCUT2D eigenvalue weighted by atomic mass is 10.2. The number of benzene rings is 1. The molecule has 0 saturated carbocycles. The highest BCUT2D eigenvalue weighted by molar-refractivity contribution is 14.0. The Morgan fingerprint density at radius 1 is 1.41 bits per heavy atom. The smallest absolute Gasteiger partial charge is 0.191 e. The van der Waals surface area contributed by atoms with E-state index in [-0.39, 0.29) is 24.0 Å². The van der Waals surface area contributed by atoms with E-state index in [9.17, 15) is 0 Å². The lowest BCUT2D eigenvalue weighted by molar-refractivity contribution is 0.374. The van der Waals surface area contributed by atoms with Gasteiger partial charge < -0.3 is 24.8 Å². The number of aliphatic imine (C=N–C) groups is 1. The van der Waals surface area contributed by atoms with Crippen LogP contribution < -0.4 is 20.3 Å². The van der Waals surface area contributed by atoms with Gasteiger partial charge in [0.1, 0.15) is 5.75 Å². The van der Waals surface area contributed by atoms with Crippen LogP contribution in [0.25, 0.3) is 0 Å². The quantitative estimate of drug-likeness (QED) is 0.373. The van der Waals surface area contributed by atoms with Gasteiger partial charge in [0.2, 0.25) is 0 Å². The molecular weight excluding hydrogens is 457 g/mol. The molecule has 1 atom stereocenters. The van der Waals surface area contributed by atoms with E-state index < -0.39 is 0 Å². The second-order valence-corrected chi connectivity index (χ2v) is 6.31. The van der Waals surface area contributed by atoms with E-state index >= 15 is 0 Å². The van der Waals surface area contributed by atoms with Crippen molar-refractivity contribution in [2.24, 2.45) is 4.99 Å². The number of anilines is 1. The maximum Gasteiger partial charge on any atom is 0.191 e. The number of methoxy groups -OCH3 is 1. The van der Waals surface area contributed by atoms with Gasteiger partial charge >= 0.3 is 0 Å². The number of aromatic nitrogens is 1. The summed E-state index contributed by atoms with van der Waals surface area (Å²) >= 11 is 0. The minimum Gasteiger partial charge on any atom is -0.495 e. The Bertz CT molecular complexity index is 749. The molecule has 0 radical (unpaired) electrons. The molecule has 27 heavy (non-hydrogen) atoms. The molecule has 1 unspecified atom stereocenters. The average Bonchev–Trinajstić information content (AvgIpc) is 3.34. The maximum absolute atomic E-state index is 5.48. The summed E-state index contributed by atoms with van der Waals surface area (Å²) in [5.41, 5.74) is 2.10. The molecule has 1 fully saturated rings. The van der Waals surface area contributed by atoms with Crippen molar-refractivity contribution < 1.29 is 9.26 Å². The summed E-state index contributed by atoms with van der Waals surface area (Å²) in [6.45, 7) is 4.51. The molecule has 1 aromatic heterocycles. The summed E-state index contributed by atoms with van der Waals surface area (Å²) < 4.78 is 10.8. The van der Waals surface area contributed by atoms with Gasteiger partial charge in [-0.2, -0.15) is 0 Å². The van der Waals surface area contributed by atoms with E-state index in [1.165, 1.54) is 0 Å². The summed E-state index contributed by atoms with van der Waals surface area (Å²) in [5.74, 6) is 2.49. The van der Waals surface area contributed by atoms with Gasteiger partial charge in [-0.1, -0.05) is 24.2 Å². The van der Waals surface area contributed by atoms with Gasteiger partial charge in [-0.15, -0.1) is 24.0 Å². The summed E-state index contributed by atoms with van der Waals surface area (Å²) in [7, 11) is 3.49. The molecule has 3 rings (SSSR count). The van der Waals surface area contributed by atoms with Crippen LogP contribution in [0.2, 0.25) is 0 Å². The van der Waals surface area contributed by atoms with Crippen LogP contribution >= 0.6 is 24.0 Å². The third kappa shape index (κ3) is 5.50. The zero-order chi connectivity index (χ0) is 18.4. The molecule has 1 aromatic carbocycles. The first-order valence-electron chi connectivity index (χ1n) is 9.03. The third-order valence-corrected chi connectivity index (χ3v) is 4.58. The molecule has 8 heteroatoms. The monoisotopic (exact) mass is 485 g/mol. The van der Waals surface area contributed by atoms with Crippen molar-refractivity contribution in [3.63, 3.8) is 0 Å². The van der Waals surface area contributed by atoms with E-state index in [1.54, 1.807) is 14.2 Å². The van der Waals surface area contributed by atoms with Crippen molar-refractivity contribution >= 4 is 35.6 Å². The van der Waals surface area contributed by atoms with Crippen LogP contribution in [0, 0.1) is 0 Å². The van der Waals surface area contributed by atoms with Gasteiger partial charge in [0, 0.05) is 32.2 Å². The first-order valence-corrected chi connectivity index (χ1v) is 9.03. The Balaban J connectivity index is 0.00000261. The van der Waals surface area contributed by atoms with Crippen LogP contribution in [-0.4, -0.2) is 44.4 Å². The highest BCUT2D eigenvalue weighted by atomic mass is 127. The minimum atomic E-state index is 0. The van der Waals surface area contributed by atoms with Gasteiger partial charge in [-0.25, -0.2) is 0 Å². The number of nitrogens with zero attached hydrogens (tertiary/aromatic N) is 3. The fraction of sp³-hybridized carbons (Fsp3) is 0.474. The molecule has 2 heterocycles. The van der Waals surface area contributed by atoms with Gasteiger partial charge in [-0.05, 0) is 25.0 Å². The highest BCUT2D eigenvalue weighted by Crippen LogP contribution is 2.30. The normalized spacial score (nSPS) is 16.8. The highest BCUT2D eigenvalue weighted by Gasteiger charge is 2.25. The van der Waals surface area contributed by atoms with E-state index in [2.05, 4.69) is 38.7 Å². The van der Waals surface area contributed by atoms with Crippen LogP contribution in [0.5, 0.6) is 5.75 Å². The van der Waals surface area contributed by atoms with Crippen LogP contribution in [0.4, 0.5) is 5.69 Å². The van der Waals surface area contributed by atoms with E-state index in [1.807, 2.05) is 24.3 Å². The molecule has 7 nitrogen and oxygen atoms in total. The molecule has 2 N–H and O–H groups in total. The lowest BCUT2D eigenvalue weighted by Crippen LogP contribution is -2.44. The predicted octanol–water partition coefficient (Wildman–Crippen LogP) is 2.81. The lowest BCUT2D eigenvalue weighted by Gasteiger charge is -2.22. The molecule has 0 amide bonds.